The monoisotopic (exact) mass is 506 g/mol. The van der Waals surface area contributed by atoms with Crippen molar-refractivity contribution < 1.29 is 22.7 Å². The van der Waals surface area contributed by atoms with E-state index < -0.39 is 26.5 Å². The summed E-state index contributed by atoms with van der Waals surface area (Å²) in [5.41, 5.74) is -0.880. The van der Waals surface area contributed by atoms with E-state index in [1.54, 1.807) is 20.8 Å². The fraction of sp³-hybridized carbons (Fsp3) is 0.905. The SMILES string of the molecule is CC(C)(C)OC(=O)NCCCC[C@H](Br)C(=O)N1[C@H]2C[C@@H]3CC[C@@]2(CS1(=O)=O)C3(C)C. The van der Waals surface area contributed by atoms with Crippen LogP contribution in [0.4, 0.5) is 4.79 Å². The molecule has 30 heavy (non-hydrogen) atoms. The molecule has 0 radical (unpaired) electrons. The molecule has 0 aromatic rings. The molecule has 2 aliphatic carbocycles. The van der Waals surface area contributed by atoms with Crippen LogP contribution >= 0.6 is 15.9 Å². The van der Waals surface area contributed by atoms with Crippen molar-refractivity contribution >= 4 is 38.0 Å². The minimum Gasteiger partial charge on any atom is -0.444 e. The number of ether oxygens (including phenoxy) is 1. The summed E-state index contributed by atoms with van der Waals surface area (Å²) >= 11 is 3.43. The van der Waals surface area contributed by atoms with Gasteiger partial charge in [-0.25, -0.2) is 17.5 Å². The highest BCUT2D eigenvalue weighted by atomic mass is 79.9. The second-order valence-electron chi connectivity index (χ2n) is 10.6. The molecule has 1 aliphatic heterocycles. The number of fused-ring (bicyclic) bond motifs is 1. The number of halogens is 1. The molecule has 3 aliphatic rings. The number of amides is 2. The number of hydrogen-bond donors (Lipinski definition) is 1. The van der Waals surface area contributed by atoms with E-state index in [4.69, 9.17) is 4.74 Å². The summed E-state index contributed by atoms with van der Waals surface area (Å²) < 4.78 is 32.4. The maximum absolute atomic E-state index is 13.1. The lowest BCUT2D eigenvalue weighted by Gasteiger charge is -2.37. The van der Waals surface area contributed by atoms with Crippen LogP contribution in [0.25, 0.3) is 0 Å². The van der Waals surface area contributed by atoms with Crippen LogP contribution in [-0.2, 0) is 19.6 Å². The van der Waals surface area contributed by atoms with Gasteiger partial charge in [0.25, 0.3) is 0 Å². The topological polar surface area (TPSA) is 92.8 Å². The van der Waals surface area contributed by atoms with Crippen molar-refractivity contribution in [2.45, 2.75) is 89.6 Å². The third-order valence-corrected chi connectivity index (χ3v) is 10.2. The molecule has 0 unspecified atom stereocenters. The van der Waals surface area contributed by atoms with Gasteiger partial charge in [0.15, 0.2) is 0 Å². The summed E-state index contributed by atoms with van der Waals surface area (Å²) in [4.78, 5) is 24.3. The standard InChI is InChI=1S/C21H35BrN2O5S/c1-19(2,3)29-18(26)23-11-7-6-8-15(22)17(25)24-16-12-14-9-10-21(16,20(14,4)5)13-30(24,27)28/h14-16H,6-13H2,1-5H3,(H,23,26)/t14-,15-,16-,21-/m0/s1. The first-order valence-corrected chi connectivity index (χ1v) is 13.4. The molecule has 2 amide bonds. The van der Waals surface area contributed by atoms with Gasteiger partial charge in [-0.15, -0.1) is 0 Å². The van der Waals surface area contributed by atoms with E-state index in [1.807, 2.05) is 0 Å². The number of rotatable bonds is 6. The number of nitrogens with one attached hydrogen (secondary N) is 1. The zero-order valence-corrected chi connectivity index (χ0v) is 21.1. The van der Waals surface area contributed by atoms with E-state index in [2.05, 4.69) is 35.1 Å². The number of sulfonamides is 1. The minimum atomic E-state index is -3.59. The highest BCUT2D eigenvalue weighted by molar-refractivity contribution is 9.10. The van der Waals surface area contributed by atoms with Crippen LogP contribution < -0.4 is 5.32 Å². The molecule has 1 saturated heterocycles. The van der Waals surface area contributed by atoms with Gasteiger partial charge in [0.05, 0.1) is 16.6 Å². The van der Waals surface area contributed by atoms with Crippen molar-refractivity contribution in [3.8, 4) is 0 Å². The number of carbonyl (C=O) groups excluding carboxylic acids is 2. The molecule has 3 fully saturated rings. The lowest BCUT2D eigenvalue weighted by molar-refractivity contribution is -0.128. The first kappa shape index (κ1) is 23.8. The Morgan fingerprint density at radius 2 is 1.93 bits per heavy atom. The quantitative estimate of drug-likeness (QED) is 0.436. The molecular formula is C21H35BrN2O5S. The van der Waals surface area contributed by atoms with E-state index in [0.29, 0.717) is 31.7 Å². The first-order valence-electron chi connectivity index (χ1n) is 10.9. The van der Waals surface area contributed by atoms with Crippen molar-refractivity contribution in [3.63, 3.8) is 0 Å². The molecule has 0 aromatic carbocycles. The van der Waals surface area contributed by atoms with Crippen LogP contribution in [0, 0.1) is 16.7 Å². The number of alkyl carbamates (subject to hydrolysis) is 1. The average molecular weight is 507 g/mol. The van der Waals surface area contributed by atoms with Crippen LogP contribution in [0.5, 0.6) is 0 Å². The van der Waals surface area contributed by atoms with E-state index in [-0.39, 0.29) is 28.5 Å². The van der Waals surface area contributed by atoms with Crippen LogP contribution in [0.15, 0.2) is 0 Å². The largest absolute Gasteiger partial charge is 0.444 e. The van der Waals surface area contributed by atoms with Crippen LogP contribution in [0.2, 0.25) is 0 Å². The van der Waals surface area contributed by atoms with E-state index in [0.717, 1.165) is 19.3 Å². The molecule has 2 bridgehead atoms. The van der Waals surface area contributed by atoms with E-state index in [9.17, 15) is 18.0 Å². The van der Waals surface area contributed by atoms with Crippen molar-refractivity contribution in [3.05, 3.63) is 0 Å². The Morgan fingerprint density at radius 3 is 2.53 bits per heavy atom. The number of unbranched alkanes of at least 4 members (excludes halogenated alkanes) is 1. The van der Waals surface area contributed by atoms with Gasteiger partial charge >= 0.3 is 6.09 Å². The molecular weight excluding hydrogens is 472 g/mol. The Bertz CT molecular complexity index is 807. The minimum absolute atomic E-state index is 0.0467. The predicted molar refractivity (Wildman–Crippen MR) is 119 cm³/mol. The Kier molecular flexibility index (Phi) is 6.31. The fourth-order valence-corrected chi connectivity index (χ4v) is 9.05. The summed E-state index contributed by atoms with van der Waals surface area (Å²) in [6.07, 6.45) is 4.18. The van der Waals surface area contributed by atoms with E-state index in [1.165, 1.54) is 4.31 Å². The molecule has 0 aromatic heterocycles. The number of carbonyl (C=O) groups is 2. The summed E-state index contributed by atoms with van der Waals surface area (Å²) in [5, 5.41) is 2.70. The maximum atomic E-state index is 13.1. The Hall–Kier alpha value is -0.830. The average Bonchev–Trinajstić information content (AvgIpc) is 3.06. The molecule has 4 atom stereocenters. The third kappa shape index (κ3) is 4.12. The highest BCUT2D eigenvalue weighted by Crippen LogP contribution is 2.70. The van der Waals surface area contributed by atoms with Crippen molar-refractivity contribution in [2.75, 3.05) is 12.3 Å². The lowest BCUT2D eigenvalue weighted by atomic mass is 9.69. The van der Waals surface area contributed by atoms with Gasteiger partial charge in [0.1, 0.15) is 5.60 Å². The highest BCUT2D eigenvalue weighted by Gasteiger charge is 2.72. The van der Waals surface area contributed by atoms with Gasteiger partial charge in [0.2, 0.25) is 15.9 Å². The predicted octanol–water partition coefficient (Wildman–Crippen LogP) is 3.81. The Labute approximate surface area is 188 Å². The number of nitrogens with zero attached hydrogens (tertiary/aromatic N) is 1. The summed E-state index contributed by atoms with van der Waals surface area (Å²) in [7, 11) is -3.59. The van der Waals surface area contributed by atoms with Crippen LogP contribution in [0.3, 0.4) is 0 Å². The van der Waals surface area contributed by atoms with Crippen LogP contribution in [-0.4, -0.2) is 53.5 Å². The van der Waals surface area contributed by atoms with Gasteiger partial charge in [-0.2, -0.15) is 0 Å². The van der Waals surface area contributed by atoms with Crippen LogP contribution in [0.1, 0.15) is 73.1 Å². The molecule has 9 heteroatoms. The fourth-order valence-electron chi connectivity index (χ4n) is 5.79. The van der Waals surface area contributed by atoms with Gasteiger partial charge in [-0.1, -0.05) is 36.2 Å². The van der Waals surface area contributed by atoms with Gasteiger partial charge < -0.3 is 10.1 Å². The molecule has 3 rings (SSSR count). The molecule has 1 spiro atoms. The normalized spacial score (nSPS) is 32.0. The molecule has 2 saturated carbocycles. The van der Waals surface area contributed by atoms with Gasteiger partial charge in [0, 0.05) is 12.0 Å². The van der Waals surface area contributed by atoms with Gasteiger partial charge in [-0.3, -0.25) is 4.79 Å². The third-order valence-electron chi connectivity index (χ3n) is 7.45. The molecule has 172 valence electrons. The van der Waals surface area contributed by atoms with Crippen molar-refractivity contribution in [1.82, 2.24) is 9.62 Å². The van der Waals surface area contributed by atoms with Crippen molar-refractivity contribution in [2.24, 2.45) is 16.7 Å². The lowest BCUT2D eigenvalue weighted by Crippen LogP contribution is -2.46. The smallest absolute Gasteiger partial charge is 0.407 e. The summed E-state index contributed by atoms with van der Waals surface area (Å²) in [6, 6.07) is -0.197. The zero-order valence-electron chi connectivity index (χ0n) is 18.7. The maximum Gasteiger partial charge on any atom is 0.407 e. The van der Waals surface area contributed by atoms with E-state index >= 15 is 0 Å². The van der Waals surface area contributed by atoms with Crippen molar-refractivity contribution in [1.29, 1.82) is 0 Å². The summed E-state index contributed by atoms with van der Waals surface area (Å²) in [5.74, 6) is 0.251. The molecule has 1 heterocycles. The molecule has 7 nitrogen and oxygen atoms in total. The number of alkyl halides is 1. The van der Waals surface area contributed by atoms with Gasteiger partial charge in [-0.05, 0) is 64.2 Å². The zero-order chi connectivity index (χ0) is 22.5. The number of hydrogen-bond acceptors (Lipinski definition) is 5. The molecule has 1 N–H and O–H groups in total. The Balaban J connectivity index is 1.52. The summed E-state index contributed by atoms with van der Waals surface area (Å²) in [6.45, 7) is 10.2. The second kappa shape index (κ2) is 7.94. The second-order valence-corrected chi connectivity index (χ2v) is 13.6. The first-order chi connectivity index (χ1) is 13.7. The Morgan fingerprint density at radius 1 is 1.27 bits per heavy atom.